The topological polar surface area (TPSA) is 86.8 Å². The summed E-state index contributed by atoms with van der Waals surface area (Å²) in [5.74, 6) is -1.49. The number of rotatable bonds is 11. The van der Waals surface area contributed by atoms with Crippen molar-refractivity contribution < 1.29 is 31.2 Å². The number of halogens is 6. The molecule has 0 unspecified atom stereocenters. The van der Waals surface area contributed by atoms with E-state index in [1.807, 2.05) is 0 Å². The van der Waals surface area contributed by atoms with Crippen LogP contribution in [0.2, 0.25) is 15.1 Å². The standard InChI is InChI=1S/C33H29Cl3F3N3O4S/c1-21-11-14-24(15-12-21)47(45,46)42(23-13-16-29(36)26(18-23)33(37,38)39)20-31(43)41(19-25-27(34)9-6-10-28(25)35)30(32(44)40-2)17-22-7-4-3-5-8-22/h3-16,18,30H,17,19-20H2,1-2H3,(H,40,44)/t30-/m0/s1. The van der Waals surface area contributed by atoms with Gasteiger partial charge in [-0.25, -0.2) is 8.42 Å². The fourth-order valence-electron chi connectivity index (χ4n) is 4.83. The smallest absolute Gasteiger partial charge is 0.357 e. The summed E-state index contributed by atoms with van der Waals surface area (Å²) in [5, 5.41) is 2.25. The lowest BCUT2D eigenvalue weighted by molar-refractivity contribution is -0.139. The summed E-state index contributed by atoms with van der Waals surface area (Å²) in [5.41, 5.74) is -0.0635. The molecule has 248 valence electrons. The van der Waals surface area contributed by atoms with Crippen molar-refractivity contribution in [2.24, 2.45) is 0 Å². The van der Waals surface area contributed by atoms with E-state index in [1.165, 1.54) is 43.4 Å². The molecule has 7 nitrogen and oxygen atoms in total. The van der Waals surface area contributed by atoms with E-state index in [1.54, 1.807) is 43.3 Å². The van der Waals surface area contributed by atoms with Crippen molar-refractivity contribution in [2.45, 2.75) is 37.0 Å². The Hall–Kier alpha value is -3.77. The fraction of sp³-hybridized carbons (Fsp3) is 0.212. The monoisotopic (exact) mass is 725 g/mol. The Morgan fingerprint density at radius 1 is 0.851 bits per heavy atom. The molecule has 2 amide bonds. The summed E-state index contributed by atoms with van der Waals surface area (Å²) in [6.45, 7) is 0.421. The Kier molecular flexibility index (Phi) is 11.5. The highest BCUT2D eigenvalue weighted by Crippen LogP contribution is 2.38. The van der Waals surface area contributed by atoms with Crippen LogP contribution in [0.4, 0.5) is 18.9 Å². The van der Waals surface area contributed by atoms with Crippen molar-refractivity contribution in [3.05, 3.63) is 128 Å². The quantitative estimate of drug-likeness (QED) is 0.173. The van der Waals surface area contributed by atoms with Crippen LogP contribution >= 0.6 is 34.8 Å². The van der Waals surface area contributed by atoms with Crippen LogP contribution in [0.5, 0.6) is 0 Å². The summed E-state index contributed by atoms with van der Waals surface area (Å²) >= 11 is 18.7. The van der Waals surface area contributed by atoms with Crippen LogP contribution in [0.3, 0.4) is 0 Å². The third kappa shape index (κ3) is 8.58. The maximum atomic E-state index is 14.4. The number of amides is 2. The number of alkyl halides is 3. The summed E-state index contributed by atoms with van der Waals surface area (Å²) in [4.78, 5) is 28.6. The van der Waals surface area contributed by atoms with Gasteiger partial charge in [-0.15, -0.1) is 0 Å². The highest BCUT2D eigenvalue weighted by Gasteiger charge is 2.38. The molecule has 0 radical (unpaired) electrons. The average Bonchev–Trinajstić information content (AvgIpc) is 3.02. The Labute approximate surface area is 285 Å². The lowest BCUT2D eigenvalue weighted by Crippen LogP contribution is -2.53. The van der Waals surface area contributed by atoms with Gasteiger partial charge in [0.15, 0.2) is 0 Å². The highest BCUT2D eigenvalue weighted by atomic mass is 35.5. The molecule has 0 saturated carbocycles. The van der Waals surface area contributed by atoms with Gasteiger partial charge < -0.3 is 10.2 Å². The maximum Gasteiger partial charge on any atom is 0.417 e. The highest BCUT2D eigenvalue weighted by molar-refractivity contribution is 7.92. The van der Waals surface area contributed by atoms with E-state index in [4.69, 9.17) is 34.8 Å². The van der Waals surface area contributed by atoms with E-state index in [2.05, 4.69) is 5.32 Å². The number of carbonyl (C=O) groups is 2. The Morgan fingerprint density at radius 3 is 2.04 bits per heavy atom. The molecule has 1 N–H and O–H groups in total. The van der Waals surface area contributed by atoms with Crippen LogP contribution in [-0.2, 0) is 38.8 Å². The zero-order valence-corrected chi connectivity index (χ0v) is 28.1. The first-order chi connectivity index (χ1) is 22.1. The molecule has 4 aromatic carbocycles. The predicted octanol–water partition coefficient (Wildman–Crippen LogP) is 7.56. The lowest BCUT2D eigenvalue weighted by Gasteiger charge is -2.34. The molecular formula is C33H29Cl3F3N3O4S. The van der Waals surface area contributed by atoms with Gasteiger partial charge in [0.05, 0.1) is 21.2 Å². The molecule has 0 aromatic heterocycles. The first kappa shape index (κ1) is 36.1. The average molecular weight is 727 g/mol. The van der Waals surface area contributed by atoms with Gasteiger partial charge in [0.25, 0.3) is 10.0 Å². The molecule has 4 rings (SSSR count). The van der Waals surface area contributed by atoms with Gasteiger partial charge in [-0.05, 0) is 55.0 Å². The van der Waals surface area contributed by atoms with E-state index in [9.17, 15) is 31.2 Å². The molecule has 0 aliphatic heterocycles. The van der Waals surface area contributed by atoms with Crippen molar-refractivity contribution in [3.63, 3.8) is 0 Å². The summed E-state index contributed by atoms with van der Waals surface area (Å²) in [6.07, 6.45) is -4.92. The first-order valence-electron chi connectivity index (χ1n) is 14.1. The molecule has 4 aromatic rings. The largest absolute Gasteiger partial charge is 0.417 e. The molecule has 0 spiro atoms. The molecule has 0 heterocycles. The molecular weight excluding hydrogens is 698 g/mol. The van der Waals surface area contributed by atoms with E-state index >= 15 is 0 Å². The number of benzene rings is 4. The lowest BCUT2D eigenvalue weighted by atomic mass is 10.0. The van der Waals surface area contributed by atoms with Crippen LogP contribution in [0.15, 0.2) is 95.9 Å². The first-order valence-corrected chi connectivity index (χ1v) is 16.6. The number of nitrogens with zero attached hydrogens (tertiary/aromatic N) is 2. The number of sulfonamides is 1. The van der Waals surface area contributed by atoms with Crippen LogP contribution in [-0.4, -0.2) is 44.8 Å². The predicted molar refractivity (Wildman–Crippen MR) is 177 cm³/mol. The normalized spacial score (nSPS) is 12.3. The Balaban J connectivity index is 1.88. The number of anilines is 1. The van der Waals surface area contributed by atoms with Crippen molar-refractivity contribution in [3.8, 4) is 0 Å². The number of hydrogen-bond donors (Lipinski definition) is 1. The van der Waals surface area contributed by atoms with Crippen molar-refractivity contribution in [1.29, 1.82) is 0 Å². The third-order valence-corrected chi connectivity index (χ3v) is 10.2. The number of aryl methyl sites for hydroxylation is 1. The summed E-state index contributed by atoms with van der Waals surface area (Å²) < 4.78 is 70.5. The van der Waals surface area contributed by atoms with Crippen LogP contribution in [0.25, 0.3) is 0 Å². The van der Waals surface area contributed by atoms with Crippen LogP contribution < -0.4 is 9.62 Å². The van der Waals surface area contributed by atoms with Gasteiger partial charge in [-0.1, -0.05) is 88.9 Å². The van der Waals surface area contributed by atoms with Crippen LogP contribution in [0.1, 0.15) is 22.3 Å². The number of hydrogen-bond acceptors (Lipinski definition) is 4. The van der Waals surface area contributed by atoms with Crippen molar-refractivity contribution in [2.75, 3.05) is 17.9 Å². The Bertz CT molecular complexity index is 1840. The van der Waals surface area contributed by atoms with E-state index in [-0.39, 0.29) is 33.5 Å². The van der Waals surface area contributed by atoms with Gasteiger partial charge in [-0.3, -0.25) is 13.9 Å². The molecule has 0 fully saturated rings. The maximum absolute atomic E-state index is 14.4. The molecule has 47 heavy (non-hydrogen) atoms. The van der Waals surface area contributed by atoms with Gasteiger partial charge in [0, 0.05) is 35.6 Å². The van der Waals surface area contributed by atoms with Crippen molar-refractivity contribution in [1.82, 2.24) is 10.2 Å². The van der Waals surface area contributed by atoms with Gasteiger partial charge in [0.2, 0.25) is 11.8 Å². The van der Waals surface area contributed by atoms with Gasteiger partial charge in [-0.2, -0.15) is 13.2 Å². The Morgan fingerprint density at radius 2 is 1.47 bits per heavy atom. The van der Waals surface area contributed by atoms with E-state index < -0.39 is 56.9 Å². The van der Waals surface area contributed by atoms with E-state index in [0.29, 0.717) is 15.9 Å². The molecule has 0 aliphatic rings. The molecule has 14 heteroatoms. The van der Waals surface area contributed by atoms with Crippen molar-refractivity contribution >= 4 is 62.3 Å². The molecule has 0 aliphatic carbocycles. The van der Waals surface area contributed by atoms with Crippen LogP contribution in [0, 0.1) is 6.92 Å². The molecule has 0 saturated heterocycles. The number of carbonyl (C=O) groups excluding carboxylic acids is 2. The SMILES string of the molecule is CNC(=O)[C@H](Cc1ccccc1)N(Cc1c(Cl)cccc1Cl)C(=O)CN(c1ccc(Cl)c(C(F)(F)F)c1)S(=O)(=O)c1ccc(C)cc1. The minimum Gasteiger partial charge on any atom is -0.357 e. The summed E-state index contributed by atoms with van der Waals surface area (Å²) in [7, 11) is -3.27. The molecule has 1 atom stereocenters. The minimum absolute atomic E-state index is 0.0121. The molecule has 0 bridgehead atoms. The minimum atomic E-state index is -4.93. The van der Waals surface area contributed by atoms with E-state index in [0.717, 1.165) is 22.6 Å². The van der Waals surface area contributed by atoms with Gasteiger partial charge >= 0.3 is 6.18 Å². The number of nitrogens with one attached hydrogen (secondary N) is 1. The second kappa shape index (κ2) is 15.0. The zero-order valence-electron chi connectivity index (χ0n) is 25.1. The zero-order chi connectivity index (χ0) is 34.5. The second-order valence-corrected chi connectivity index (χ2v) is 13.6. The number of likely N-dealkylation sites (N-methyl/N-ethyl adjacent to an activating group) is 1. The second-order valence-electron chi connectivity index (χ2n) is 10.5. The van der Waals surface area contributed by atoms with Gasteiger partial charge in [0.1, 0.15) is 12.6 Å². The summed E-state index contributed by atoms with van der Waals surface area (Å²) in [6, 6.07) is 20.4. The fourth-order valence-corrected chi connectivity index (χ4v) is 6.97. The third-order valence-electron chi connectivity index (χ3n) is 7.34.